The molecule has 0 aliphatic rings. The molecule has 1 rings (SSSR count). The third kappa shape index (κ3) is 11.1. The summed E-state index contributed by atoms with van der Waals surface area (Å²) in [4.78, 5) is 2.86. The first-order valence-electron chi connectivity index (χ1n) is 2.36. The molecule has 1 heterocycles. The molecule has 9 heavy (non-hydrogen) atoms. The van der Waals surface area contributed by atoms with Gasteiger partial charge in [0, 0.05) is 12.4 Å². The van der Waals surface area contributed by atoms with E-state index in [0.29, 0.717) is 4.67 Å². The van der Waals surface area contributed by atoms with Crippen LogP contribution in [0.5, 0.6) is 0 Å². The fourth-order valence-electron chi connectivity index (χ4n) is 0.278. The van der Waals surface area contributed by atoms with Gasteiger partial charge in [0.25, 0.3) is 0 Å². The van der Waals surface area contributed by atoms with Crippen LogP contribution in [0.1, 0.15) is 0 Å². The second-order valence-corrected chi connectivity index (χ2v) is 2.28. The van der Waals surface area contributed by atoms with Gasteiger partial charge >= 0.3 is 31.7 Å². The van der Waals surface area contributed by atoms with Gasteiger partial charge in [0.1, 0.15) is 0 Å². The van der Waals surface area contributed by atoms with Gasteiger partial charge in [-0.25, -0.2) is 0 Å². The van der Waals surface area contributed by atoms with Gasteiger partial charge in [0.05, 0.1) is 0 Å². The maximum Gasteiger partial charge on any atom is 0.000496 e. The quantitative estimate of drug-likeness (QED) is 0.467. The third-order valence-corrected chi connectivity index (χ3v) is 0.496. The van der Waals surface area contributed by atoms with E-state index in [1.54, 1.807) is 0 Å². The van der Waals surface area contributed by atoms with Crippen molar-refractivity contribution >= 4 is 20.2 Å². The molecule has 1 aromatic heterocycles. The minimum atomic E-state index is 0.292. The van der Waals surface area contributed by atoms with E-state index in [0.717, 1.165) is 0 Å². The SMILES string of the molecule is NC(N)=[Se].c1cc[nH]c1. The third-order valence-electron chi connectivity index (χ3n) is 0.496. The standard InChI is InChI=1S/C4H5N.CH4N2Se/c1-2-4-5-3-1;2-1(3)4/h1-5H;(H4,2,3,4). The molecule has 0 aromatic carbocycles. The van der Waals surface area contributed by atoms with Gasteiger partial charge in [-0.3, -0.25) is 0 Å². The summed E-state index contributed by atoms with van der Waals surface area (Å²) >= 11 is 2.38. The Kier molecular flexibility index (Phi) is 4.97. The van der Waals surface area contributed by atoms with Crippen molar-refractivity contribution in [2.75, 3.05) is 0 Å². The molecule has 3 nitrogen and oxygen atoms in total. The minimum Gasteiger partial charge on any atom is -0.368 e. The van der Waals surface area contributed by atoms with Crippen molar-refractivity contribution in [1.82, 2.24) is 4.98 Å². The van der Waals surface area contributed by atoms with Crippen LogP contribution in [0.15, 0.2) is 24.5 Å². The molecule has 0 amide bonds. The Hall–Kier alpha value is -0.731. The Balaban J connectivity index is 0.000000148. The summed E-state index contributed by atoms with van der Waals surface area (Å²) in [6.45, 7) is 0. The number of nitrogens with one attached hydrogen (secondary N) is 1. The molecule has 50 valence electrons. The van der Waals surface area contributed by atoms with Gasteiger partial charge in [-0.15, -0.1) is 0 Å². The van der Waals surface area contributed by atoms with E-state index in [2.05, 4.69) is 20.6 Å². The van der Waals surface area contributed by atoms with Crippen LogP contribution in [-0.4, -0.2) is 25.2 Å². The Morgan fingerprint density at radius 3 is 1.67 bits per heavy atom. The second kappa shape index (κ2) is 5.41. The topological polar surface area (TPSA) is 67.8 Å². The molecule has 0 radical (unpaired) electrons. The summed E-state index contributed by atoms with van der Waals surface area (Å²) in [5.74, 6) is 0. The molecular formula is C5H9N3Se. The summed E-state index contributed by atoms with van der Waals surface area (Å²) in [6, 6.07) is 3.89. The molecule has 0 bridgehead atoms. The van der Waals surface area contributed by atoms with Gasteiger partial charge in [0.15, 0.2) is 0 Å². The molecule has 0 saturated carbocycles. The van der Waals surface area contributed by atoms with E-state index in [9.17, 15) is 0 Å². The normalized spacial score (nSPS) is 7.11. The fourth-order valence-corrected chi connectivity index (χ4v) is 0.278. The Bertz CT molecular complexity index is 126. The predicted molar refractivity (Wildman–Crippen MR) is 39.9 cm³/mol. The number of hydrogen-bond donors (Lipinski definition) is 3. The van der Waals surface area contributed by atoms with Crippen molar-refractivity contribution < 1.29 is 0 Å². The molecule has 0 spiro atoms. The van der Waals surface area contributed by atoms with Gasteiger partial charge in [-0.1, -0.05) is 0 Å². The van der Waals surface area contributed by atoms with E-state index in [4.69, 9.17) is 11.5 Å². The minimum absolute atomic E-state index is 0.292. The van der Waals surface area contributed by atoms with Gasteiger partial charge in [0.2, 0.25) is 0 Å². The van der Waals surface area contributed by atoms with E-state index in [1.165, 1.54) is 0 Å². The molecule has 0 aliphatic carbocycles. The molecule has 0 aliphatic heterocycles. The van der Waals surface area contributed by atoms with Crippen molar-refractivity contribution in [3.05, 3.63) is 24.5 Å². The molecule has 0 atom stereocenters. The molecular weight excluding hydrogens is 181 g/mol. The van der Waals surface area contributed by atoms with Gasteiger partial charge in [-0.05, 0) is 12.1 Å². The number of aromatic nitrogens is 1. The zero-order valence-corrected chi connectivity index (χ0v) is 6.59. The zero-order chi connectivity index (χ0) is 7.11. The predicted octanol–water partition coefficient (Wildman–Crippen LogP) is -0.826. The summed E-state index contributed by atoms with van der Waals surface area (Å²) in [5.41, 5.74) is 9.50. The Morgan fingerprint density at radius 1 is 1.22 bits per heavy atom. The molecule has 0 saturated heterocycles. The summed E-state index contributed by atoms with van der Waals surface area (Å²) in [6.07, 6.45) is 3.75. The Labute approximate surface area is 61.8 Å². The first-order valence-corrected chi connectivity index (χ1v) is 3.22. The van der Waals surface area contributed by atoms with E-state index >= 15 is 0 Å². The monoisotopic (exact) mass is 191 g/mol. The first kappa shape index (κ1) is 8.27. The van der Waals surface area contributed by atoms with Crippen LogP contribution in [-0.2, 0) is 0 Å². The fraction of sp³-hybridized carbons (Fsp3) is 0. The Morgan fingerprint density at radius 2 is 1.56 bits per heavy atom. The maximum absolute atomic E-state index is 4.75. The maximum atomic E-state index is 4.75. The molecule has 4 heteroatoms. The van der Waals surface area contributed by atoms with Crippen molar-refractivity contribution in [2.45, 2.75) is 0 Å². The van der Waals surface area contributed by atoms with E-state index < -0.39 is 0 Å². The van der Waals surface area contributed by atoms with Crippen LogP contribution >= 0.6 is 0 Å². The van der Waals surface area contributed by atoms with Gasteiger partial charge in [-0.2, -0.15) is 0 Å². The summed E-state index contributed by atoms with van der Waals surface area (Å²) in [5, 5.41) is 0. The van der Waals surface area contributed by atoms with E-state index in [-0.39, 0.29) is 0 Å². The number of H-pyrrole nitrogens is 1. The summed E-state index contributed by atoms with van der Waals surface area (Å²) < 4.78 is 0.292. The largest absolute Gasteiger partial charge is 0.368 e. The number of hydrogen-bond acceptors (Lipinski definition) is 2. The molecule has 0 fully saturated rings. The molecule has 0 unspecified atom stereocenters. The van der Waals surface area contributed by atoms with Crippen molar-refractivity contribution in [3.8, 4) is 0 Å². The summed E-state index contributed by atoms with van der Waals surface area (Å²) in [7, 11) is 0. The van der Waals surface area contributed by atoms with Crippen LogP contribution in [0.25, 0.3) is 0 Å². The van der Waals surface area contributed by atoms with Crippen LogP contribution in [0.4, 0.5) is 0 Å². The molecule has 1 aromatic rings. The van der Waals surface area contributed by atoms with Crippen molar-refractivity contribution in [3.63, 3.8) is 0 Å². The average molecular weight is 190 g/mol. The van der Waals surface area contributed by atoms with E-state index in [1.807, 2.05) is 24.5 Å². The first-order chi connectivity index (χ1) is 4.23. The van der Waals surface area contributed by atoms with Crippen LogP contribution < -0.4 is 11.5 Å². The van der Waals surface area contributed by atoms with Crippen LogP contribution in [0.2, 0.25) is 0 Å². The van der Waals surface area contributed by atoms with Crippen molar-refractivity contribution in [2.24, 2.45) is 11.5 Å². The number of rotatable bonds is 0. The van der Waals surface area contributed by atoms with Crippen LogP contribution in [0.3, 0.4) is 0 Å². The number of aromatic amines is 1. The van der Waals surface area contributed by atoms with Crippen molar-refractivity contribution in [1.29, 1.82) is 0 Å². The smallest absolute Gasteiger partial charge is 0.000496 e. The zero-order valence-electron chi connectivity index (χ0n) is 4.87. The van der Waals surface area contributed by atoms with Crippen LogP contribution in [0, 0.1) is 0 Å². The number of nitrogens with two attached hydrogens (primary N) is 2. The average Bonchev–Trinajstić information content (AvgIpc) is 2.11. The van der Waals surface area contributed by atoms with Gasteiger partial charge < -0.3 is 4.98 Å². The second-order valence-electron chi connectivity index (χ2n) is 1.29. The molecule has 5 N–H and O–H groups in total.